The number of aryl methyl sites for hydroxylation is 1. The summed E-state index contributed by atoms with van der Waals surface area (Å²) in [5.74, 6) is 2.31. The molecule has 0 radical (unpaired) electrons. The third kappa shape index (κ3) is 11.5. The Kier molecular flexibility index (Phi) is 14.6. The molecule has 0 bridgehead atoms. The van der Waals surface area contributed by atoms with Gasteiger partial charge in [-0.25, -0.2) is 4.98 Å². The van der Waals surface area contributed by atoms with Gasteiger partial charge in [0.05, 0.1) is 17.8 Å². The van der Waals surface area contributed by atoms with Gasteiger partial charge in [0.1, 0.15) is 18.1 Å². The molecule has 0 aliphatic carbocycles. The molecule has 1 aliphatic rings. The molecule has 4 aromatic carbocycles. The van der Waals surface area contributed by atoms with Gasteiger partial charge in [0, 0.05) is 66.9 Å². The summed E-state index contributed by atoms with van der Waals surface area (Å²) >= 11 is 18.9. The van der Waals surface area contributed by atoms with Crippen LogP contribution in [-0.2, 0) is 24.4 Å². The quantitative estimate of drug-likeness (QED) is 0.110. The van der Waals surface area contributed by atoms with Crippen LogP contribution in [0.25, 0.3) is 5.57 Å². The first kappa shape index (κ1) is 40.1. The van der Waals surface area contributed by atoms with Crippen LogP contribution in [0, 0.1) is 6.92 Å². The van der Waals surface area contributed by atoms with Crippen molar-refractivity contribution in [2.24, 2.45) is 0 Å². The molecule has 2 heterocycles. The van der Waals surface area contributed by atoms with Crippen molar-refractivity contribution in [1.82, 2.24) is 14.8 Å². The first-order valence-electron chi connectivity index (χ1n) is 17.2. The van der Waals surface area contributed by atoms with Crippen LogP contribution in [0.4, 0.5) is 0 Å². The van der Waals surface area contributed by atoms with E-state index in [1.807, 2.05) is 79.4 Å². The molecule has 5 aromatic rings. The highest BCUT2D eigenvalue weighted by Crippen LogP contribution is 2.35. The molecule has 0 saturated carbocycles. The van der Waals surface area contributed by atoms with Crippen molar-refractivity contribution < 1.29 is 19.0 Å². The molecule has 1 fully saturated rings. The number of halogens is 4. The summed E-state index contributed by atoms with van der Waals surface area (Å²) in [6.45, 7) is 8.61. The second-order valence-electron chi connectivity index (χ2n) is 12.7. The molecule has 6 rings (SSSR count). The number of hydrogen-bond acceptors (Lipinski definition) is 6. The van der Waals surface area contributed by atoms with Crippen molar-refractivity contribution in [3.63, 3.8) is 0 Å². The number of nitrogens with zero attached hydrogens (tertiary/aromatic N) is 3. The summed E-state index contributed by atoms with van der Waals surface area (Å²) < 4.78 is 17.7. The molecule has 276 valence electrons. The van der Waals surface area contributed by atoms with E-state index in [-0.39, 0.29) is 22.9 Å². The van der Waals surface area contributed by atoms with Gasteiger partial charge in [-0.2, -0.15) is 0 Å². The van der Waals surface area contributed by atoms with E-state index in [1.54, 1.807) is 24.4 Å². The van der Waals surface area contributed by atoms with Crippen LogP contribution < -0.4 is 14.2 Å². The summed E-state index contributed by atoms with van der Waals surface area (Å²) in [5.41, 5.74) is 5.90. The third-order valence-corrected chi connectivity index (χ3v) is 9.78. The number of allylic oxidation sites excluding steroid dienone is 1. The zero-order chi connectivity index (χ0) is 36.5. The predicted molar refractivity (Wildman–Crippen MR) is 219 cm³/mol. The fraction of sp³-hybridized carbons (Fsp3) is 0.238. The second-order valence-corrected chi connectivity index (χ2v) is 14.0. The Morgan fingerprint density at radius 2 is 1.51 bits per heavy atom. The maximum Gasteiger partial charge on any atom is 0.246 e. The Morgan fingerprint density at radius 3 is 2.19 bits per heavy atom. The van der Waals surface area contributed by atoms with Crippen molar-refractivity contribution in [2.45, 2.75) is 33.4 Å². The van der Waals surface area contributed by atoms with E-state index in [9.17, 15) is 4.79 Å². The summed E-state index contributed by atoms with van der Waals surface area (Å²) in [5, 5.41) is 1.79. The van der Waals surface area contributed by atoms with Crippen molar-refractivity contribution >= 4 is 63.3 Å². The predicted octanol–water partition coefficient (Wildman–Crippen LogP) is 10.7. The van der Waals surface area contributed by atoms with Crippen LogP contribution in [0.5, 0.6) is 23.1 Å². The maximum absolute atomic E-state index is 13.3. The number of hydrogen-bond donors (Lipinski definition) is 0. The van der Waals surface area contributed by atoms with Crippen molar-refractivity contribution in [2.75, 3.05) is 32.8 Å². The van der Waals surface area contributed by atoms with Gasteiger partial charge in [-0.1, -0.05) is 77.3 Å². The van der Waals surface area contributed by atoms with Crippen LogP contribution in [0.2, 0.25) is 15.1 Å². The standard InChI is InChI=1S/C42H40Cl3N3O4.BrH/c1-29(34-23-30(2)42(39(45)25-34)52-40-16-15-37(26-46-40)51-28-33-5-3-4-6-38(33)44)24-41(49)48-20-18-47(19-21-48)27-32-9-7-31(8-10-32)17-22-50-36-13-11-35(43)12-14-36;/h3-16,23-26H,17-22,27-28H2,1-2H3;1H/b29-24-;. The number of carbonyl (C=O) groups is 1. The summed E-state index contributed by atoms with van der Waals surface area (Å²) in [4.78, 5) is 21.9. The normalized spacial score (nSPS) is 13.3. The third-order valence-electron chi connectivity index (χ3n) is 8.88. The average molecular weight is 838 g/mol. The Bertz CT molecular complexity index is 1980. The fourth-order valence-electron chi connectivity index (χ4n) is 5.85. The smallest absolute Gasteiger partial charge is 0.246 e. The molecule has 1 aliphatic heterocycles. The molecule has 1 aromatic heterocycles. The summed E-state index contributed by atoms with van der Waals surface area (Å²) in [6.07, 6.45) is 4.12. The lowest BCUT2D eigenvalue weighted by molar-refractivity contribution is -0.127. The van der Waals surface area contributed by atoms with Crippen LogP contribution in [0.3, 0.4) is 0 Å². The van der Waals surface area contributed by atoms with Crippen LogP contribution in [0.15, 0.2) is 109 Å². The Labute approximate surface area is 336 Å². The lowest BCUT2D eigenvalue weighted by Gasteiger charge is -2.34. The van der Waals surface area contributed by atoms with Crippen LogP contribution >= 0.6 is 51.8 Å². The zero-order valence-corrected chi connectivity index (χ0v) is 33.5. The van der Waals surface area contributed by atoms with Gasteiger partial charge in [0.15, 0.2) is 5.75 Å². The first-order valence-corrected chi connectivity index (χ1v) is 18.3. The fourth-order valence-corrected chi connectivity index (χ4v) is 6.48. The number of carbonyl (C=O) groups excluding carboxylic acids is 1. The molecule has 1 saturated heterocycles. The number of rotatable bonds is 13. The van der Waals surface area contributed by atoms with E-state index < -0.39 is 0 Å². The highest BCUT2D eigenvalue weighted by atomic mass is 79.9. The highest BCUT2D eigenvalue weighted by molar-refractivity contribution is 8.93. The maximum atomic E-state index is 13.3. The number of pyridine rings is 1. The number of aromatic nitrogens is 1. The van der Waals surface area contributed by atoms with Gasteiger partial charge >= 0.3 is 0 Å². The number of piperazine rings is 1. The van der Waals surface area contributed by atoms with Gasteiger partial charge in [-0.3, -0.25) is 9.69 Å². The van der Waals surface area contributed by atoms with Gasteiger partial charge < -0.3 is 19.1 Å². The Hall–Kier alpha value is -4.05. The average Bonchev–Trinajstić information content (AvgIpc) is 3.15. The van der Waals surface area contributed by atoms with Crippen LogP contribution in [-0.4, -0.2) is 53.5 Å². The molecule has 11 heteroatoms. The van der Waals surface area contributed by atoms with Gasteiger partial charge in [0.2, 0.25) is 11.8 Å². The largest absolute Gasteiger partial charge is 0.493 e. The molecule has 0 spiro atoms. The minimum Gasteiger partial charge on any atom is -0.493 e. The Morgan fingerprint density at radius 1 is 0.811 bits per heavy atom. The van der Waals surface area contributed by atoms with E-state index in [0.717, 1.165) is 54.1 Å². The highest BCUT2D eigenvalue weighted by Gasteiger charge is 2.21. The van der Waals surface area contributed by atoms with Gasteiger partial charge in [-0.05, 0) is 90.2 Å². The minimum absolute atomic E-state index is 0. The Balaban J connectivity index is 0.00000541. The molecule has 1 amide bonds. The van der Waals surface area contributed by atoms with E-state index >= 15 is 0 Å². The molecule has 0 atom stereocenters. The van der Waals surface area contributed by atoms with Gasteiger partial charge in [0.25, 0.3) is 0 Å². The molecule has 7 nitrogen and oxygen atoms in total. The number of ether oxygens (including phenoxy) is 3. The van der Waals surface area contributed by atoms with Crippen molar-refractivity contribution in [3.05, 3.63) is 152 Å². The number of benzene rings is 4. The summed E-state index contributed by atoms with van der Waals surface area (Å²) in [7, 11) is 0. The monoisotopic (exact) mass is 835 g/mol. The lowest BCUT2D eigenvalue weighted by Crippen LogP contribution is -2.47. The topological polar surface area (TPSA) is 64.1 Å². The van der Waals surface area contributed by atoms with Crippen molar-refractivity contribution in [1.29, 1.82) is 0 Å². The molecule has 0 N–H and O–H groups in total. The first-order chi connectivity index (χ1) is 25.2. The minimum atomic E-state index is -0.00234. The molecular weight excluding hydrogens is 797 g/mol. The molecule has 0 unspecified atom stereocenters. The van der Waals surface area contributed by atoms with E-state index in [1.165, 1.54) is 11.1 Å². The van der Waals surface area contributed by atoms with E-state index in [0.29, 0.717) is 58.8 Å². The zero-order valence-electron chi connectivity index (χ0n) is 29.6. The summed E-state index contributed by atoms with van der Waals surface area (Å²) in [6, 6.07) is 30.9. The van der Waals surface area contributed by atoms with Gasteiger partial charge in [-0.15, -0.1) is 17.0 Å². The molecular formula is C42H41BrCl3N3O4. The second kappa shape index (κ2) is 19.3. The van der Waals surface area contributed by atoms with Crippen LogP contribution in [0.1, 0.15) is 34.7 Å². The number of amides is 1. The lowest BCUT2D eigenvalue weighted by atomic mass is 10.0. The SMILES string of the molecule is Br.C/C(=C/C(=O)N1CCN(Cc2ccc(CCOc3ccc(Cl)cc3)cc2)CC1)c1cc(C)c(Oc2ccc(OCc3ccccc3Cl)cn2)c(Cl)c1. The van der Waals surface area contributed by atoms with E-state index in [4.69, 9.17) is 49.0 Å². The van der Waals surface area contributed by atoms with E-state index in [2.05, 4.69) is 34.1 Å². The van der Waals surface area contributed by atoms with Crippen molar-refractivity contribution in [3.8, 4) is 23.1 Å². The molecule has 53 heavy (non-hydrogen) atoms.